The lowest BCUT2D eigenvalue weighted by atomic mass is 10.5. The second-order valence-electron chi connectivity index (χ2n) is 2.64. The molecule has 0 saturated carbocycles. The Morgan fingerprint density at radius 3 is 3.00 bits per heavy atom. The number of hydrogen-bond acceptors (Lipinski definition) is 6. The number of nitrogens with zero attached hydrogens (tertiary/aromatic N) is 2. The molecule has 0 unspecified atom stereocenters. The maximum Gasteiger partial charge on any atom is 0.404 e. The van der Waals surface area contributed by atoms with E-state index in [0.717, 1.165) is 0 Å². The summed E-state index contributed by atoms with van der Waals surface area (Å²) in [6.45, 7) is 0.465. The van der Waals surface area contributed by atoms with E-state index in [1.54, 1.807) is 0 Å². The number of carbonyl (C=O) groups excluding carboxylic acids is 1. The largest absolute Gasteiger partial charge is 0.490 e. The van der Waals surface area contributed by atoms with Gasteiger partial charge in [0.25, 0.3) is 0 Å². The number of methoxy groups -OCH3 is 1. The number of ether oxygens (including phenoxy) is 2. The van der Waals surface area contributed by atoms with E-state index >= 15 is 0 Å². The van der Waals surface area contributed by atoms with Gasteiger partial charge in [-0.05, 0) is 0 Å². The Morgan fingerprint density at radius 1 is 1.62 bits per heavy atom. The number of aromatic nitrogens is 2. The molecule has 0 aliphatic carbocycles. The van der Waals surface area contributed by atoms with Crippen LogP contribution >= 0.6 is 11.6 Å². The molecule has 1 aromatic rings. The number of amides is 1. The summed E-state index contributed by atoms with van der Waals surface area (Å²) in [4.78, 5) is 18.0. The molecule has 0 aromatic carbocycles. The van der Waals surface area contributed by atoms with Crippen molar-refractivity contribution < 1.29 is 14.3 Å². The van der Waals surface area contributed by atoms with Crippen LogP contribution in [0.4, 0.5) is 10.6 Å². The summed E-state index contributed by atoms with van der Waals surface area (Å²) < 4.78 is 9.53. The maximum absolute atomic E-state index is 10.3. The van der Waals surface area contributed by atoms with Gasteiger partial charge in [-0.2, -0.15) is 0 Å². The van der Waals surface area contributed by atoms with Crippen molar-refractivity contribution in [3.63, 3.8) is 0 Å². The van der Waals surface area contributed by atoms with E-state index in [9.17, 15) is 4.79 Å². The molecule has 0 aliphatic rings. The molecule has 0 aliphatic heterocycles. The molecule has 0 spiro atoms. The van der Waals surface area contributed by atoms with Crippen molar-refractivity contribution in [2.45, 2.75) is 0 Å². The summed E-state index contributed by atoms with van der Waals surface area (Å²) in [6, 6.07) is 0. The third-order valence-electron chi connectivity index (χ3n) is 1.60. The second kappa shape index (κ2) is 5.96. The number of rotatable bonds is 5. The van der Waals surface area contributed by atoms with E-state index in [1.807, 2.05) is 0 Å². The lowest BCUT2D eigenvalue weighted by Crippen LogP contribution is -2.18. The van der Waals surface area contributed by atoms with E-state index in [1.165, 1.54) is 13.4 Å². The Morgan fingerprint density at radius 2 is 2.38 bits per heavy atom. The number of nitrogens with one attached hydrogen (secondary N) is 1. The van der Waals surface area contributed by atoms with E-state index in [2.05, 4.69) is 20.0 Å². The van der Waals surface area contributed by atoms with Gasteiger partial charge in [0, 0.05) is 0 Å². The van der Waals surface area contributed by atoms with Crippen LogP contribution < -0.4 is 15.8 Å². The Hall–Kier alpha value is -1.76. The van der Waals surface area contributed by atoms with Gasteiger partial charge < -0.3 is 20.5 Å². The molecule has 3 N–H and O–H groups in total. The minimum absolute atomic E-state index is 0.125. The summed E-state index contributed by atoms with van der Waals surface area (Å²) in [7, 11) is 1.45. The zero-order chi connectivity index (χ0) is 12.0. The molecule has 0 saturated heterocycles. The van der Waals surface area contributed by atoms with Crippen LogP contribution in [0.2, 0.25) is 5.15 Å². The Bertz CT molecular complexity index is 374. The number of carbonyl (C=O) groups is 1. The van der Waals surface area contributed by atoms with Crippen LogP contribution in [0.15, 0.2) is 6.33 Å². The molecule has 8 heteroatoms. The van der Waals surface area contributed by atoms with Gasteiger partial charge in [-0.15, -0.1) is 0 Å². The van der Waals surface area contributed by atoms with Crippen molar-refractivity contribution in [1.29, 1.82) is 0 Å². The third kappa shape index (κ3) is 3.43. The first-order valence-corrected chi connectivity index (χ1v) is 4.73. The molecule has 1 aromatic heterocycles. The summed E-state index contributed by atoms with van der Waals surface area (Å²) in [5, 5.41) is 3.07. The Kier molecular flexibility index (Phi) is 4.59. The third-order valence-corrected chi connectivity index (χ3v) is 1.87. The van der Waals surface area contributed by atoms with Crippen molar-refractivity contribution >= 4 is 23.5 Å². The smallest absolute Gasteiger partial charge is 0.404 e. The predicted molar refractivity (Wildman–Crippen MR) is 57.6 cm³/mol. The topological polar surface area (TPSA) is 99.4 Å². The van der Waals surface area contributed by atoms with Crippen molar-refractivity contribution in [2.24, 2.45) is 5.73 Å². The van der Waals surface area contributed by atoms with Gasteiger partial charge in [0.15, 0.2) is 16.7 Å². The summed E-state index contributed by atoms with van der Waals surface area (Å²) in [5.41, 5.74) is 4.79. The lowest BCUT2D eigenvalue weighted by molar-refractivity contribution is 0.161. The van der Waals surface area contributed by atoms with E-state index in [0.29, 0.717) is 18.1 Å². The van der Waals surface area contributed by atoms with Crippen molar-refractivity contribution in [3.05, 3.63) is 11.5 Å². The van der Waals surface area contributed by atoms with Gasteiger partial charge in [0.05, 0.1) is 13.7 Å². The Balaban J connectivity index is 2.53. The standard InChI is InChI=1S/C8H11ClN4O3/c1-15-5-6(9)12-4-13-7(5)11-2-3-16-8(10)14/h4H,2-3H2,1H3,(H2,10,14)(H,11,12,13). The molecule has 1 rings (SSSR count). The minimum atomic E-state index is -0.825. The fourth-order valence-electron chi connectivity index (χ4n) is 0.980. The molecule has 0 fully saturated rings. The lowest BCUT2D eigenvalue weighted by Gasteiger charge is -2.09. The van der Waals surface area contributed by atoms with E-state index < -0.39 is 6.09 Å². The predicted octanol–water partition coefficient (Wildman–Crippen LogP) is 0.646. The van der Waals surface area contributed by atoms with Gasteiger partial charge in [-0.25, -0.2) is 14.8 Å². The number of anilines is 1. The maximum atomic E-state index is 10.3. The van der Waals surface area contributed by atoms with Crippen LogP contribution in [0.5, 0.6) is 5.75 Å². The zero-order valence-corrected chi connectivity index (χ0v) is 9.32. The van der Waals surface area contributed by atoms with Gasteiger partial charge in [-0.1, -0.05) is 11.6 Å². The molecule has 0 bridgehead atoms. The number of hydrogen-bond donors (Lipinski definition) is 2. The van der Waals surface area contributed by atoms with E-state index in [4.69, 9.17) is 22.1 Å². The Labute approximate surface area is 96.9 Å². The van der Waals surface area contributed by atoms with Crippen LogP contribution in [-0.4, -0.2) is 36.3 Å². The summed E-state index contributed by atoms with van der Waals surface area (Å²) in [5.74, 6) is 0.763. The fraction of sp³-hybridized carbons (Fsp3) is 0.375. The first-order chi connectivity index (χ1) is 7.65. The van der Waals surface area contributed by atoms with Gasteiger partial charge in [0.1, 0.15) is 12.9 Å². The molecular weight excluding hydrogens is 236 g/mol. The highest BCUT2D eigenvalue weighted by Gasteiger charge is 2.09. The zero-order valence-electron chi connectivity index (χ0n) is 8.57. The average Bonchev–Trinajstić information content (AvgIpc) is 2.24. The molecule has 1 amide bonds. The minimum Gasteiger partial charge on any atom is -0.490 e. The quantitative estimate of drug-likeness (QED) is 0.584. The van der Waals surface area contributed by atoms with Crippen LogP contribution in [0, 0.1) is 0 Å². The summed E-state index contributed by atoms with van der Waals surface area (Å²) in [6.07, 6.45) is 0.469. The first-order valence-electron chi connectivity index (χ1n) is 4.35. The highest BCUT2D eigenvalue weighted by Crippen LogP contribution is 2.27. The normalized spacial score (nSPS) is 9.62. The molecule has 0 radical (unpaired) electrons. The van der Waals surface area contributed by atoms with Gasteiger partial charge >= 0.3 is 6.09 Å². The molecule has 0 atom stereocenters. The van der Waals surface area contributed by atoms with Crippen LogP contribution in [-0.2, 0) is 4.74 Å². The molecule has 1 heterocycles. The summed E-state index contributed by atoms with van der Waals surface area (Å²) >= 11 is 5.77. The van der Waals surface area contributed by atoms with Crippen LogP contribution in [0.1, 0.15) is 0 Å². The number of halogens is 1. The van der Waals surface area contributed by atoms with Crippen molar-refractivity contribution in [1.82, 2.24) is 9.97 Å². The SMILES string of the molecule is COc1c(Cl)ncnc1NCCOC(N)=O. The van der Waals surface area contributed by atoms with Gasteiger partial charge in [0.2, 0.25) is 0 Å². The monoisotopic (exact) mass is 246 g/mol. The van der Waals surface area contributed by atoms with Crippen LogP contribution in [0.3, 0.4) is 0 Å². The molecule has 88 valence electrons. The first kappa shape index (κ1) is 12.3. The molecule has 16 heavy (non-hydrogen) atoms. The molecule has 7 nitrogen and oxygen atoms in total. The fourth-order valence-corrected chi connectivity index (χ4v) is 1.19. The van der Waals surface area contributed by atoms with Crippen molar-refractivity contribution in [2.75, 3.05) is 25.6 Å². The molecular formula is C8H11ClN4O3. The van der Waals surface area contributed by atoms with Crippen molar-refractivity contribution in [3.8, 4) is 5.75 Å². The average molecular weight is 247 g/mol. The number of primary amides is 1. The number of nitrogens with two attached hydrogens (primary N) is 1. The van der Waals surface area contributed by atoms with E-state index in [-0.39, 0.29) is 11.8 Å². The van der Waals surface area contributed by atoms with Crippen LogP contribution in [0.25, 0.3) is 0 Å². The highest BCUT2D eigenvalue weighted by atomic mass is 35.5. The van der Waals surface area contributed by atoms with Gasteiger partial charge in [-0.3, -0.25) is 0 Å². The highest BCUT2D eigenvalue weighted by molar-refractivity contribution is 6.31. The second-order valence-corrected chi connectivity index (χ2v) is 3.00.